The van der Waals surface area contributed by atoms with Crippen molar-refractivity contribution in [3.63, 3.8) is 0 Å². The molecule has 0 aliphatic heterocycles. The molecule has 12 nitrogen and oxygen atoms in total. The lowest BCUT2D eigenvalue weighted by Gasteiger charge is -2.69. The molecule has 0 aromatic heterocycles. The summed E-state index contributed by atoms with van der Waals surface area (Å²) in [4.78, 5) is 50.3. The summed E-state index contributed by atoms with van der Waals surface area (Å²) in [6.45, 7) is 7.75. The molecule has 2 fully saturated rings. The standard InChI is InChI=1S/C25H32N2O10/c1-8(2)14-18(30)13(21(26)33)19(31)25(35)20(32)15-17(29)12-10(6-7-11(16(12)28)27(36)37)9(3)23(15,4)22(34)24(14,25)5/h6-9,13-15,18,20,22,28,30,32,34-35H,1-5H3,(H2,26,33)/t9-,13-,14+,15-,18?,20?,22-,23+,24+,25+/m1/s1. The minimum Gasteiger partial charge on any atom is -0.502 e. The molecule has 2 unspecified atom stereocenters. The lowest BCUT2D eigenvalue weighted by molar-refractivity contribution is -0.385. The molecule has 0 spiro atoms. The van der Waals surface area contributed by atoms with Crippen LogP contribution < -0.4 is 5.73 Å². The highest BCUT2D eigenvalue weighted by Crippen LogP contribution is 2.68. The van der Waals surface area contributed by atoms with Crippen LogP contribution in [0, 0.1) is 44.6 Å². The Balaban J connectivity index is 2.06. The third-order valence-electron chi connectivity index (χ3n) is 9.79. The Hall–Kier alpha value is -2.93. The molecule has 0 saturated heterocycles. The fourth-order valence-corrected chi connectivity index (χ4v) is 7.90. The molecular formula is C25H32N2O10. The average Bonchev–Trinajstić information content (AvgIpc) is 2.78. The van der Waals surface area contributed by atoms with Gasteiger partial charge in [-0.25, -0.2) is 0 Å². The second-order valence-electron chi connectivity index (χ2n) is 11.5. The number of hydrogen-bond donors (Lipinski definition) is 6. The van der Waals surface area contributed by atoms with Crippen LogP contribution in [0.3, 0.4) is 0 Å². The molecule has 1 aromatic carbocycles. The smallest absolute Gasteiger partial charge is 0.311 e. The first-order chi connectivity index (χ1) is 16.9. The lowest BCUT2D eigenvalue weighted by Crippen LogP contribution is -2.83. The van der Waals surface area contributed by atoms with Crippen LogP contribution in [0.15, 0.2) is 12.1 Å². The number of amides is 1. The van der Waals surface area contributed by atoms with E-state index in [1.54, 1.807) is 20.8 Å². The van der Waals surface area contributed by atoms with E-state index in [9.17, 15) is 50.0 Å². The first kappa shape index (κ1) is 27.1. The number of nitro groups is 1. The van der Waals surface area contributed by atoms with Gasteiger partial charge in [0.25, 0.3) is 0 Å². The zero-order valence-corrected chi connectivity index (χ0v) is 21.1. The summed E-state index contributed by atoms with van der Waals surface area (Å²) in [7, 11) is 0. The van der Waals surface area contributed by atoms with E-state index in [1.807, 2.05) is 0 Å². The van der Waals surface area contributed by atoms with Crippen LogP contribution in [0.5, 0.6) is 5.75 Å². The summed E-state index contributed by atoms with van der Waals surface area (Å²) in [5.41, 5.74) is -2.03. The van der Waals surface area contributed by atoms with Crippen LogP contribution in [-0.4, -0.2) is 71.8 Å². The zero-order chi connectivity index (χ0) is 28.2. The van der Waals surface area contributed by atoms with E-state index >= 15 is 0 Å². The van der Waals surface area contributed by atoms with Crippen LogP contribution in [0.25, 0.3) is 0 Å². The number of aromatic hydroxyl groups is 1. The van der Waals surface area contributed by atoms with Crippen LogP contribution in [0.2, 0.25) is 0 Å². The molecule has 1 aromatic rings. The van der Waals surface area contributed by atoms with Gasteiger partial charge in [0, 0.05) is 16.9 Å². The second-order valence-corrected chi connectivity index (χ2v) is 11.5. The Bertz CT molecular complexity index is 1230. The minimum atomic E-state index is -2.91. The molecule has 7 N–H and O–H groups in total. The van der Waals surface area contributed by atoms with E-state index in [0.717, 1.165) is 6.07 Å². The van der Waals surface area contributed by atoms with Crippen molar-refractivity contribution in [1.82, 2.24) is 0 Å². The monoisotopic (exact) mass is 520 g/mol. The largest absolute Gasteiger partial charge is 0.502 e. The summed E-state index contributed by atoms with van der Waals surface area (Å²) in [5.74, 6) is -10.6. The third-order valence-corrected chi connectivity index (χ3v) is 9.79. The van der Waals surface area contributed by atoms with Crippen LogP contribution in [0.4, 0.5) is 5.69 Å². The van der Waals surface area contributed by atoms with Gasteiger partial charge in [-0.3, -0.25) is 24.5 Å². The maximum Gasteiger partial charge on any atom is 0.311 e. The zero-order valence-electron chi connectivity index (χ0n) is 21.1. The molecule has 0 heterocycles. The fourth-order valence-electron chi connectivity index (χ4n) is 7.90. The van der Waals surface area contributed by atoms with Gasteiger partial charge in [-0.05, 0) is 23.3 Å². The van der Waals surface area contributed by atoms with E-state index in [4.69, 9.17) is 5.73 Å². The van der Waals surface area contributed by atoms with Crippen molar-refractivity contribution in [2.45, 2.75) is 64.4 Å². The number of ketones is 2. The number of nitrogens with two attached hydrogens (primary N) is 1. The Labute approximate surface area is 212 Å². The van der Waals surface area contributed by atoms with Gasteiger partial charge >= 0.3 is 5.69 Å². The molecule has 0 bridgehead atoms. The van der Waals surface area contributed by atoms with E-state index in [-0.39, 0.29) is 5.56 Å². The topological polar surface area (TPSA) is 222 Å². The van der Waals surface area contributed by atoms with Gasteiger partial charge in [-0.1, -0.05) is 40.7 Å². The van der Waals surface area contributed by atoms with E-state index in [2.05, 4.69) is 0 Å². The molecule has 37 heavy (non-hydrogen) atoms. The number of nitrogens with zero attached hydrogens (tertiary/aromatic N) is 1. The van der Waals surface area contributed by atoms with Gasteiger partial charge in [0.05, 0.1) is 28.6 Å². The van der Waals surface area contributed by atoms with Gasteiger partial charge < -0.3 is 31.3 Å². The molecular weight excluding hydrogens is 488 g/mol. The van der Waals surface area contributed by atoms with Gasteiger partial charge in [0.15, 0.2) is 17.2 Å². The van der Waals surface area contributed by atoms with Crippen molar-refractivity contribution in [2.24, 2.45) is 40.2 Å². The lowest BCUT2D eigenvalue weighted by atomic mass is 9.36. The number of carbonyl (C=O) groups excluding carboxylic acids is 3. The number of phenols is 1. The Morgan fingerprint density at radius 2 is 1.73 bits per heavy atom. The van der Waals surface area contributed by atoms with Crippen molar-refractivity contribution in [2.75, 3.05) is 0 Å². The predicted molar refractivity (Wildman–Crippen MR) is 126 cm³/mol. The molecule has 0 radical (unpaired) electrons. The van der Waals surface area contributed by atoms with Gasteiger partial charge in [-0.2, -0.15) is 0 Å². The molecule has 1 amide bonds. The highest BCUT2D eigenvalue weighted by atomic mass is 16.6. The normalized spacial score (nSPS) is 43.1. The molecule has 3 aliphatic carbocycles. The summed E-state index contributed by atoms with van der Waals surface area (Å²) >= 11 is 0. The summed E-state index contributed by atoms with van der Waals surface area (Å²) in [6, 6.07) is 2.33. The van der Waals surface area contributed by atoms with Crippen LogP contribution in [-0.2, 0) is 9.59 Å². The third kappa shape index (κ3) is 2.89. The SMILES string of the molecule is CC(C)[C@H]1C(O)[C@@H](C(N)=O)C(=O)[C@]2(O)C(O)[C@H]3C(=O)c4c(ccc([N+](=O)[O-])c4O)[C@@H](C)[C@]3(C)[C@@H](O)[C@]12C. The Kier molecular flexibility index (Phi) is 5.89. The number of carbonyl (C=O) groups is 3. The maximum absolute atomic E-state index is 13.9. The fraction of sp³-hybridized carbons (Fsp3) is 0.640. The first-order valence-electron chi connectivity index (χ1n) is 12.1. The molecule has 4 rings (SSSR count). The Morgan fingerprint density at radius 3 is 2.22 bits per heavy atom. The van der Waals surface area contributed by atoms with Crippen LogP contribution in [0.1, 0.15) is 56.5 Å². The summed E-state index contributed by atoms with van der Waals surface area (Å²) in [6.07, 6.45) is -5.61. The number of Topliss-reactive ketones (excluding diaryl/α,β-unsaturated/α-hetero) is 2. The summed E-state index contributed by atoms with van der Waals surface area (Å²) < 4.78 is 0. The van der Waals surface area contributed by atoms with Gasteiger partial charge in [0.1, 0.15) is 12.0 Å². The molecule has 202 valence electrons. The van der Waals surface area contributed by atoms with E-state index in [0.29, 0.717) is 0 Å². The van der Waals surface area contributed by atoms with Gasteiger partial charge in [-0.15, -0.1) is 0 Å². The highest BCUT2D eigenvalue weighted by molar-refractivity contribution is 6.09. The molecule has 12 heteroatoms. The van der Waals surface area contributed by atoms with E-state index in [1.165, 1.54) is 19.9 Å². The first-order valence-corrected chi connectivity index (χ1v) is 12.1. The highest BCUT2D eigenvalue weighted by Gasteiger charge is 2.80. The van der Waals surface area contributed by atoms with Gasteiger partial charge in [0.2, 0.25) is 11.7 Å². The number of phenolic OH excluding ortho intramolecular Hbond substituents is 1. The minimum absolute atomic E-state index is 0.186. The van der Waals surface area contributed by atoms with Crippen LogP contribution >= 0.6 is 0 Å². The second kappa shape index (κ2) is 8.03. The molecule has 2 saturated carbocycles. The number of benzene rings is 1. The number of rotatable bonds is 3. The predicted octanol–water partition coefficient (Wildman–Crippen LogP) is 0.0128. The number of fused-ring (bicyclic) bond motifs is 3. The summed E-state index contributed by atoms with van der Waals surface area (Å²) in [5, 5.41) is 69.0. The number of aliphatic hydroxyl groups excluding tert-OH is 3. The number of aliphatic hydroxyl groups is 4. The van der Waals surface area contributed by atoms with Crippen molar-refractivity contribution < 1.29 is 44.8 Å². The quantitative estimate of drug-likeness (QED) is 0.178. The number of hydrogen-bond acceptors (Lipinski definition) is 10. The number of nitro benzene ring substituents is 1. The van der Waals surface area contributed by atoms with Crippen molar-refractivity contribution in [3.05, 3.63) is 33.4 Å². The van der Waals surface area contributed by atoms with E-state index < -0.39 is 104 Å². The van der Waals surface area contributed by atoms with Crippen molar-refractivity contribution in [1.29, 1.82) is 0 Å². The van der Waals surface area contributed by atoms with Crippen molar-refractivity contribution in [3.8, 4) is 5.75 Å². The molecule has 10 atom stereocenters. The molecule has 3 aliphatic rings. The maximum atomic E-state index is 13.9. The number of primary amides is 1. The van der Waals surface area contributed by atoms with Crippen molar-refractivity contribution >= 4 is 23.2 Å². The Morgan fingerprint density at radius 1 is 1.16 bits per heavy atom. The average molecular weight is 521 g/mol.